The van der Waals surface area contributed by atoms with Crippen molar-refractivity contribution in [2.45, 2.75) is 31.4 Å². The zero-order valence-corrected chi connectivity index (χ0v) is 16.9. The topological polar surface area (TPSA) is 39.9 Å². The van der Waals surface area contributed by atoms with Gasteiger partial charge in [0.05, 0.1) is 0 Å². The van der Waals surface area contributed by atoms with Crippen LogP contribution in [0.15, 0.2) is 52.1 Å². The van der Waals surface area contributed by atoms with Gasteiger partial charge in [0.25, 0.3) is 0 Å². The number of thioether (sulfide) groups is 1. The number of aromatic nitrogens is 3. The highest BCUT2D eigenvalue weighted by molar-refractivity contribution is 9.10. The lowest BCUT2D eigenvalue weighted by molar-refractivity contribution is 0.290. The van der Waals surface area contributed by atoms with Crippen molar-refractivity contribution in [1.82, 2.24) is 14.8 Å². The standard InChI is InChI=1S/C19H20BrN3OS/c1-13-4-9-17(10-14(13)2)24-11-18-21-22-19(23(18)3)25-12-15-5-7-16(20)8-6-15/h4-10H,11-12H2,1-3H3. The second-order valence-electron chi connectivity index (χ2n) is 5.91. The normalized spacial score (nSPS) is 10.9. The first kappa shape index (κ1) is 18.0. The van der Waals surface area contributed by atoms with Crippen LogP contribution < -0.4 is 4.74 Å². The Morgan fingerprint density at radius 2 is 1.80 bits per heavy atom. The van der Waals surface area contributed by atoms with Gasteiger partial charge in [-0.15, -0.1) is 10.2 Å². The van der Waals surface area contributed by atoms with E-state index in [0.717, 1.165) is 27.0 Å². The van der Waals surface area contributed by atoms with Gasteiger partial charge in [-0.1, -0.05) is 45.9 Å². The molecule has 0 N–H and O–H groups in total. The van der Waals surface area contributed by atoms with Crippen LogP contribution in [-0.4, -0.2) is 14.8 Å². The molecule has 0 fully saturated rings. The highest BCUT2D eigenvalue weighted by Crippen LogP contribution is 2.23. The van der Waals surface area contributed by atoms with E-state index in [9.17, 15) is 0 Å². The zero-order valence-electron chi connectivity index (χ0n) is 14.5. The molecule has 0 aliphatic heterocycles. The van der Waals surface area contributed by atoms with Crippen LogP contribution in [0.2, 0.25) is 0 Å². The average molecular weight is 418 g/mol. The molecule has 0 saturated heterocycles. The SMILES string of the molecule is Cc1ccc(OCc2nnc(SCc3ccc(Br)cc3)n2C)cc1C. The lowest BCUT2D eigenvalue weighted by Crippen LogP contribution is -2.04. The molecule has 1 aromatic heterocycles. The third kappa shape index (κ3) is 4.64. The van der Waals surface area contributed by atoms with Gasteiger partial charge in [-0.3, -0.25) is 0 Å². The lowest BCUT2D eigenvalue weighted by Gasteiger charge is -2.08. The van der Waals surface area contributed by atoms with E-state index in [0.29, 0.717) is 6.61 Å². The summed E-state index contributed by atoms with van der Waals surface area (Å²) in [6.45, 7) is 4.59. The van der Waals surface area contributed by atoms with E-state index in [1.165, 1.54) is 16.7 Å². The molecule has 0 spiro atoms. The van der Waals surface area contributed by atoms with Crippen LogP contribution in [-0.2, 0) is 19.4 Å². The summed E-state index contributed by atoms with van der Waals surface area (Å²) in [6, 6.07) is 14.4. The van der Waals surface area contributed by atoms with E-state index >= 15 is 0 Å². The van der Waals surface area contributed by atoms with Crippen LogP contribution in [0.3, 0.4) is 0 Å². The molecule has 3 rings (SSSR count). The Balaban J connectivity index is 1.60. The van der Waals surface area contributed by atoms with Crippen molar-refractivity contribution in [2.24, 2.45) is 7.05 Å². The van der Waals surface area contributed by atoms with Crippen LogP contribution >= 0.6 is 27.7 Å². The van der Waals surface area contributed by atoms with Crippen LogP contribution in [0.4, 0.5) is 0 Å². The molecule has 0 aliphatic carbocycles. The fourth-order valence-corrected chi connectivity index (χ4v) is 3.43. The molecule has 0 atom stereocenters. The minimum atomic E-state index is 0.408. The highest BCUT2D eigenvalue weighted by atomic mass is 79.9. The van der Waals surface area contributed by atoms with Crippen molar-refractivity contribution in [3.8, 4) is 5.75 Å². The maximum atomic E-state index is 5.86. The Morgan fingerprint density at radius 1 is 1.04 bits per heavy atom. The van der Waals surface area contributed by atoms with Crippen molar-refractivity contribution in [1.29, 1.82) is 0 Å². The van der Waals surface area contributed by atoms with Crippen molar-refractivity contribution in [2.75, 3.05) is 0 Å². The van der Waals surface area contributed by atoms with Gasteiger partial charge in [0, 0.05) is 17.3 Å². The quantitative estimate of drug-likeness (QED) is 0.525. The van der Waals surface area contributed by atoms with Crippen LogP contribution in [0.5, 0.6) is 5.75 Å². The van der Waals surface area contributed by atoms with E-state index in [4.69, 9.17) is 4.74 Å². The van der Waals surface area contributed by atoms with E-state index in [-0.39, 0.29) is 0 Å². The second kappa shape index (κ2) is 8.06. The Labute approximate surface area is 160 Å². The van der Waals surface area contributed by atoms with Gasteiger partial charge in [-0.05, 0) is 54.8 Å². The molecular formula is C19H20BrN3OS. The molecule has 2 aromatic carbocycles. The number of hydrogen-bond acceptors (Lipinski definition) is 4. The third-order valence-corrected chi connectivity index (χ3v) is 5.67. The summed E-state index contributed by atoms with van der Waals surface area (Å²) in [6.07, 6.45) is 0. The molecule has 4 nitrogen and oxygen atoms in total. The predicted molar refractivity (Wildman–Crippen MR) is 105 cm³/mol. The number of halogens is 1. The summed E-state index contributed by atoms with van der Waals surface area (Å²) in [4.78, 5) is 0. The summed E-state index contributed by atoms with van der Waals surface area (Å²) in [7, 11) is 1.98. The van der Waals surface area contributed by atoms with Crippen LogP contribution in [0.1, 0.15) is 22.5 Å². The number of hydrogen-bond donors (Lipinski definition) is 0. The molecule has 0 saturated carbocycles. The van der Waals surface area contributed by atoms with Gasteiger partial charge in [0.1, 0.15) is 12.4 Å². The van der Waals surface area contributed by atoms with E-state index in [1.807, 2.05) is 17.7 Å². The number of ether oxygens (including phenoxy) is 1. The number of aryl methyl sites for hydroxylation is 2. The summed E-state index contributed by atoms with van der Waals surface area (Å²) in [5, 5.41) is 9.43. The molecule has 1 heterocycles. The molecule has 25 heavy (non-hydrogen) atoms. The number of benzene rings is 2. The lowest BCUT2D eigenvalue weighted by atomic mass is 10.1. The number of rotatable bonds is 6. The van der Waals surface area contributed by atoms with Crippen LogP contribution in [0.25, 0.3) is 0 Å². The Kier molecular flexibility index (Phi) is 5.81. The first-order valence-corrected chi connectivity index (χ1v) is 9.76. The largest absolute Gasteiger partial charge is 0.486 e. The van der Waals surface area contributed by atoms with Crippen molar-refractivity contribution >= 4 is 27.7 Å². The fourth-order valence-electron chi connectivity index (χ4n) is 2.28. The first-order chi connectivity index (χ1) is 12.0. The van der Waals surface area contributed by atoms with Gasteiger partial charge < -0.3 is 9.30 Å². The van der Waals surface area contributed by atoms with E-state index < -0.39 is 0 Å². The van der Waals surface area contributed by atoms with Crippen LogP contribution in [0, 0.1) is 13.8 Å². The predicted octanol–water partition coefficient (Wildman–Crippen LogP) is 5.07. The smallest absolute Gasteiger partial charge is 0.191 e. The molecule has 0 bridgehead atoms. The molecular weight excluding hydrogens is 398 g/mol. The van der Waals surface area contributed by atoms with E-state index in [1.54, 1.807) is 11.8 Å². The van der Waals surface area contributed by atoms with Gasteiger partial charge >= 0.3 is 0 Å². The van der Waals surface area contributed by atoms with Gasteiger partial charge in [-0.25, -0.2) is 0 Å². The summed E-state index contributed by atoms with van der Waals surface area (Å²) in [5.41, 5.74) is 3.74. The summed E-state index contributed by atoms with van der Waals surface area (Å²) in [5.74, 6) is 2.53. The van der Waals surface area contributed by atoms with Gasteiger partial charge in [-0.2, -0.15) is 0 Å². The summed E-state index contributed by atoms with van der Waals surface area (Å²) < 4.78 is 8.94. The minimum Gasteiger partial charge on any atom is -0.486 e. The third-order valence-electron chi connectivity index (χ3n) is 4.05. The van der Waals surface area contributed by atoms with Gasteiger partial charge in [0.2, 0.25) is 0 Å². The molecule has 0 aliphatic rings. The van der Waals surface area contributed by atoms with Crippen molar-refractivity contribution < 1.29 is 4.74 Å². The summed E-state index contributed by atoms with van der Waals surface area (Å²) >= 11 is 5.13. The molecule has 130 valence electrons. The molecule has 0 radical (unpaired) electrons. The molecule has 3 aromatic rings. The maximum absolute atomic E-state index is 5.86. The fraction of sp³-hybridized carbons (Fsp3) is 0.263. The highest BCUT2D eigenvalue weighted by Gasteiger charge is 2.10. The Morgan fingerprint density at radius 3 is 2.52 bits per heavy atom. The Bertz CT molecular complexity index is 862. The zero-order chi connectivity index (χ0) is 17.8. The number of nitrogens with zero attached hydrogens (tertiary/aromatic N) is 3. The monoisotopic (exact) mass is 417 g/mol. The van der Waals surface area contributed by atoms with E-state index in [2.05, 4.69) is 76.4 Å². The average Bonchev–Trinajstić information content (AvgIpc) is 2.95. The minimum absolute atomic E-state index is 0.408. The maximum Gasteiger partial charge on any atom is 0.191 e. The molecule has 0 unspecified atom stereocenters. The Hall–Kier alpha value is -1.79. The van der Waals surface area contributed by atoms with Crippen molar-refractivity contribution in [3.05, 3.63) is 69.5 Å². The second-order valence-corrected chi connectivity index (χ2v) is 7.77. The molecule has 6 heteroatoms. The van der Waals surface area contributed by atoms with Crippen molar-refractivity contribution in [3.63, 3.8) is 0 Å². The first-order valence-electron chi connectivity index (χ1n) is 7.98. The molecule has 0 amide bonds. The van der Waals surface area contributed by atoms with Gasteiger partial charge in [0.15, 0.2) is 11.0 Å².